The van der Waals surface area contributed by atoms with E-state index in [4.69, 9.17) is 4.74 Å². The summed E-state index contributed by atoms with van der Waals surface area (Å²) in [7, 11) is 0. The van der Waals surface area contributed by atoms with Crippen LogP contribution in [0.3, 0.4) is 0 Å². The third-order valence-corrected chi connectivity index (χ3v) is 3.53. The van der Waals surface area contributed by atoms with Gasteiger partial charge in [-0.2, -0.15) is 0 Å². The average molecular weight is 230 g/mol. The van der Waals surface area contributed by atoms with Gasteiger partial charge in [-0.1, -0.05) is 24.3 Å². The first-order chi connectivity index (χ1) is 8.34. The lowest BCUT2D eigenvalue weighted by atomic mass is 10.0. The highest BCUT2D eigenvalue weighted by Crippen LogP contribution is 2.40. The molecule has 0 aromatic heterocycles. The van der Waals surface area contributed by atoms with E-state index in [2.05, 4.69) is 12.1 Å². The summed E-state index contributed by atoms with van der Waals surface area (Å²) in [5.41, 5.74) is 2.34. The van der Waals surface area contributed by atoms with Crippen molar-refractivity contribution in [2.75, 3.05) is 6.61 Å². The molecule has 1 aromatic rings. The van der Waals surface area contributed by atoms with Crippen molar-refractivity contribution in [1.82, 2.24) is 0 Å². The topological polar surface area (TPSA) is 29.5 Å². The summed E-state index contributed by atoms with van der Waals surface area (Å²) in [6, 6.07) is 8.33. The Hall–Kier alpha value is -1.28. The Morgan fingerprint density at radius 3 is 2.53 bits per heavy atom. The number of allylic oxidation sites excluding steroid dienone is 1. The number of ether oxygens (including phenoxy) is 1. The zero-order valence-corrected chi connectivity index (χ0v) is 9.93. The first-order valence-electron chi connectivity index (χ1n) is 6.45. The molecule has 0 amide bonds. The predicted octanol–water partition coefficient (Wildman–Crippen LogP) is 3.29. The maximum atomic E-state index is 10.2. The van der Waals surface area contributed by atoms with Crippen LogP contribution in [0.25, 0.3) is 0 Å². The van der Waals surface area contributed by atoms with Gasteiger partial charge < -0.3 is 9.84 Å². The lowest BCUT2D eigenvalue weighted by Gasteiger charge is -2.20. The van der Waals surface area contributed by atoms with E-state index in [1.807, 2.05) is 18.2 Å². The molecule has 90 valence electrons. The second-order valence-corrected chi connectivity index (χ2v) is 4.94. The van der Waals surface area contributed by atoms with E-state index in [0.717, 1.165) is 36.7 Å². The molecule has 1 aliphatic carbocycles. The van der Waals surface area contributed by atoms with Crippen LogP contribution in [0, 0.1) is 0 Å². The van der Waals surface area contributed by atoms with Gasteiger partial charge >= 0.3 is 0 Å². The second-order valence-electron chi connectivity index (χ2n) is 4.94. The van der Waals surface area contributed by atoms with Crippen LogP contribution in [0.5, 0.6) is 0 Å². The van der Waals surface area contributed by atoms with Crippen LogP contribution in [0.1, 0.15) is 48.8 Å². The molecule has 0 radical (unpaired) electrons. The van der Waals surface area contributed by atoms with Crippen molar-refractivity contribution in [3.8, 4) is 0 Å². The van der Waals surface area contributed by atoms with E-state index >= 15 is 0 Å². The van der Waals surface area contributed by atoms with Gasteiger partial charge in [0.15, 0.2) is 0 Å². The van der Waals surface area contributed by atoms with Gasteiger partial charge in [0.05, 0.1) is 6.61 Å². The van der Waals surface area contributed by atoms with Crippen LogP contribution in [0.2, 0.25) is 0 Å². The fourth-order valence-electron chi connectivity index (χ4n) is 2.30. The van der Waals surface area contributed by atoms with Gasteiger partial charge in [0.25, 0.3) is 0 Å². The molecule has 1 saturated carbocycles. The second kappa shape index (κ2) is 4.53. The smallest absolute Gasteiger partial charge is 0.136 e. The zero-order chi connectivity index (χ0) is 11.7. The van der Waals surface area contributed by atoms with E-state index in [1.165, 1.54) is 18.4 Å². The van der Waals surface area contributed by atoms with Crippen LogP contribution in [-0.2, 0) is 4.74 Å². The average Bonchev–Trinajstić information content (AvgIpc) is 3.24. The SMILES string of the molecule is OC(C1=CCCCO1)c1ccc(C2CC2)cc1. The van der Waals surface area contributed by atoms with Gasteiger partial charge in [0.2, 0.25) is 0 Å². The molecule has 1 aliphatic heterocycles. The van der Waals surface area contributed by atoms with Gasteiger partial charge in [0, 0.05) is 0 Å². The minimum atomic E-state index is -0.594. The number of benzene rings is 1. The largest absolute Gasteiger partial charge is 0.495 e. The van der Waals surface area contributed by atoms with Crippen molar-refractivity contribution < 1.29 is 9.84 Å². The standard InChI is InChI=1S/C15H18O2/c16-15(14-3-1-2-10-17-14)13-8-6-12(7-9-13)11-4-5-11/h3,6-9,11,15-16H,1-2,4-5,10H2. The number of hydrogen-bond acceptors (Lipinski definition) is 2. The maximum absolute atomic E-state index is 10.2. The van der Waals surface area contributed by atoms with Crippen molar-refractivity contribution >= 4 is 0 Å². The third kappa shape index (κ3) is 2.37. The van der Waals surface area contributed by atoms with Gasteiger partial charge in [-0.15, -0.1) is 0 Å². The van der Waals surface area contributed by atoms with Crippen LogP contribution >= 0.6 is 0 Å². The molecule has 17 heavy (non-hydrogen) atoms. The summed E-state index contributed by atoms with van der Waals surface area (Å²) < 4.78 is 5.50. The number of rotatable bonds is 3. The molecule has 2 heteroatoms. The third-order valence-electron chi connectivity index (χ3n) is 3.53. The fraction of sp³-hybridized carbons (Fsp3) is 0.467. The Morgan fingerprint density at radius 2 is 1.94 bits per heavy atom. The Kier molecular flexibility index (Phi) is 2.89. The van der Waals surface area contributed by atoms with Crippen LogP contribution in [0.4, 0.5) is 0 Å². The van der Waals surface area contributed by atoms with Gasteiger partial charge in [-0.3, -0.25) is 0 Å². The Balaban J connectivity index is 1.75. The van der Waals surface area contributed by atoms with Gasteiger partial charge in [-0.25, -0.2) is 0 Å². The fourth-order valence-corrected chi connectivity index (χ4v) is 2.30. The van der Waals surface area contributed by atoms with Crippen LogP contribution < -0.4 is 0 Å². The molecule has 1 unspecified atom stereocenters. The molecule has 0 bridgehead atoms. The molecule has 1 N–H and O–H groups in total. The van der Waals surface area contributed by atoms with Crippen LogP contribution in [-0.4, -0.2) is 11.7 Å². The molecule has 2 aliphatic rings. The first kappa shape index (κ1) is 10.8. The Bertz CT molecular complexity index is 415. The summed E-state index contributed by atoms with van der Waals surface area (Å²) in [5, 5.41) is 10.2. The molecule has 1 atom stereocenters. The van der Waals surface area contributed by atoms with Crippen LogP contribution in [0.15, 0.2) is 36.1 Å². The van der Waals surface area contributed by atoms with Crippen molar-refractivity contribution in [2.24, 2.45) is 0 Å². The molecular formula is C15H18O2. The number of aliphatic hydroxyl groups is 1. The quantitative estimate of drug-likeness (QED) is 0.863. The zero-order valence-electron chi connectivity index (χ0n) is 9.93. The lowest BCUT2D eigenvalue weighted by Crippen LogP contribution is -2.09. The minimum Gasteiger partial charge on any atom is -0.495 e. The van der Waals surface area contributed by atoms with Crippen molar-refractivity contribution in [3.05, 3.63) is 47.2 Å². The normalized spacial score (nSPS) is 21.6. The summed E-state index contributed by atoms with van der Waals surface area (Å²) >= 11 is 0. The van der Waals surface area contributed by atoms with Crippen molar-refractivity contribution in [2.45, 2.75) is 37.7 Å². The number of hydrogen-bond donors (Lipinski definition) is 1. The minimum absolute atomic E-state index is 0.594. The molecule has 1 fully saturated rings. The van der Waals surface area contributed by atoms with E-state index in [9.17, 15) is 5.11 Å². The first-order valence-corrected chi connectivity index (χ1v) is 6.45. The maximum Gasteiger partial charge on any atom is 0.136 e. The van der Waals surface area contributed by atoms with Gasteiger partial charge in [0.1, 0.15) is 11.9 Å². The van der Waals surface area contributed by atoms with E-state index < -0.39 is 6.10 Å². The van der Waals surface area contributed by atoms with E-state index in [1.54, 1.807) is 0 Å². The lowest BCUT2D eigenvalue weighted by molar-refractivity contribution is 0.0918. The van der Waals surface area contributed by atoms with Crippen molar-refractivity contribution in [3.63, 3.8) is 0 Å². The predicted molar refractivity (Wildman–Crippen MR) is 66.6 cm³/mol. The van der Waals surface area contributed by atoms with E-state index in [0.29, 0.717) is 0 Å². The summed E-state index contributed by atoms with van der Waals surface area (Å²) in [6.07, 6.45) is 6.10. The molecule has 0 spiro atoms. The number of aliphatic hydroxyl groups excluding tert-OH is 1. The molecule has 1 heterocycles. The highest BCUT2D eigenvalue weighted by Gasteiger charge is 2.24. The Labute approximate surface area is 102 Å². The summed E-state index contributed by atoms with van der Waals surface area (Å²) in [4.78, 5) is 0. The molecule has 0 saturated heterocycles. The van der Waals surface area contributed by atoms with Gasteiger partial charge in [-0.05, 0) is 48.8 Å². The Morgan fingerprint density at radius 1 is 1.18 bits per heavy atom. The molecule has 2 nitrogen and oxygen atoms in total. The molecular weight excluding hydrogens is 212 g/mol. The summed E-state index contributed by atoms with van der Waals surface area (Å²) in [6.45, 7) is 0.725. The summed E-state index contributed by atoms with van der Waals surface area (Å²) in [5.74, 6) is 1.49. The highest BCUT2D eigenvalue weighted by atomic mass is 16.5. The van der Waals surface area contributed by atoms with Crippen molar-refractivity contribution in [1.29, 1.82) is 0 Å². The van der Waals surface area contributed by atoms with E-state index in [-0.39, 0.29) is 0 Å². The monoisotopic (exact) mass is 230 g/mol. The molecule has 3 rings (SSSR count). The highest BCUT2D eigenvalue weighted by molar-refractivity contribution is 5.31. The molecule has 1 aromatic carbocycles.